The monoisotopic (exact) mass is 578 g/mol. The summed E-state index contributed by atoms with van der Waals surface area (Å²) < 4.78 is 89.3. The standard InChI is InChI=1S/C23H24F6N6O5/c1-12(40-16-9-31-32-20(37)18(16)23(27,28)29)11-39-6-3-17(36)34-4-5-35-15(10-34)21(38)33(2)14-7-13(22(24,25)26)8-30-19(14)35/h7-9,12,15H,3-6,10-11H2,1-2H3,(H,32,37). The molecule has 4 rings (SSSR count). The van der Waals surface area contributed by atoms with Crippen LogP contribution in [0.1, 0.15) is 24.5 Å². The molecule has 2 aromatic rings. The van der Waals surface area contributed by atoms with Crippen molar-refractivity contribution in [2.75, 3.05) is 49.7 Å². The Morgan fingerprint density at radius 2 is 1.88 bits per heavy atom. The van der Waals surface area contributed by atoms with E-state index in [1.807, 2.05) is 0 Å². The third-order valence-corrected chi connectivity index (χ3v) is 6.40. The lowest BCUT2D eigenvalue weighted by atomic mass is 10.0. The molecule has 2 unspecified atom stereocenters. The number of carbonyl (C=O) groups is 2. The van der Waals surface area contributed by atoms with Gasteiger partial charge in [0.15, 0.2) is 17.1 Å². The number of H-pyrrole nitrogens is 1. The molecule has 17 heteroatoms. The van der Waals surface area contributed by atoms with Crippen molar-refractivity contribution < 1.29 is 45.4 Å². The van der Waals surface area contributed by atoms with Crippen molar-refractivity contribution in [3.8, 4) is 5.75 Å². The van der Waals surface area contributed by atoms with Gasteiger partial charge in [-0.1, -0.05) is 0 Å². The second kappa shape index (κ2) is 10.9. The number of hydrogen-bond acceptors (Lipinski definition) is 8. The number of carbonyl (C=O) groups excluding carboxylic acids is 2. The summed E-state index contributed by atoms with van der Waals surface area (Å²) >= 11 is 0. The van der Waals surface area contributed by atoms with Crippen molar-refractivity contribution in [1.82, 2.24) is 20.1 Å². The van der Waals surface area contributed by atoms with E-state index in [1.165, 1.54) is 18.9 Å². The van der Waals surface area contributed by atoms with E-state index in [1.54, 1.807) is 10.00 Å². The molecule has 40 heavy (non-hydrogen) atoms. The van der Waals surface area contributed by atoms with Crippen LogP contribution in [0.15, 0.2) is 23.3 Å². The van der Waals surface area contributed by atoms with Crippen LogP contribution in [0.2, 0.25) is 0 Å². The first-order valence-corrected chi connectivity index (χ1v) is 12.0. The van der Waals surface area contributed by atoms with Crippen LogP contribution in [-0.2, 0) is 26.7 Å². The number of nitrogens with one attached hydrogen (secondary N) is 1. The normalized spacial score (nSPS) is 18.4. The Kier molecular flexibility index (Phi) is 7.96. The maximum Gasteiger partial charge on any atom is 0.425 e. The lowest BCUT2D eigenvalue weighted by Crippen LogP contribution is -2.63. The number of likely N-dealkylation sites (N-methyl/N-ethyl adjacent to an activating group) is 1. The summed E-state index contributed by atoms with van der Waals surface area (Å²) in [4.78, 5) is 45.3. The maximum atomic E-state index is 13.1. The minimum Gasteiger partial charge on any atom is -0.486 e. The molecule has 1 N–H and O–H groups in total. The van der Waals surface area contributed by atoms with Crippen molar-refractivity contribution in [2.45, 2.75) is 37.8 Å². The van der Waals surface area contributed by atoms with Crippen LogP contribution in [0.5, 0.6) is 5.75 Å². The fourth-order valence-corrected chi connectivity index (χ4v) is 4.44. The molecule has 218 valence electrons. The molecule has 0 radical (unpaired) electrons. The Bertz CT molecular complexity index is 1330. The average molecular weight is 578 g/mol. The molecular weight excluding hydrogens is 554 g/mol. The number of anilines is 2. The molecule has 2 amide bonds. The summed E-state index contributed by atoms with van der Waals surface area (Å²) in [6, 6.07) is 0.0333. The number of fused-ring (bicyclic) bond motifs is 3. The Labute approximate surface area is 222 Å². The third-order valence-electron chi connectivity index (χ3n) is 6.40. The number of alkyl halides is 6. The van der Waals surface area contributed by atoms with Crippen molar-refractivity contribution in [1.29, 1.82) is 0 Å². The third kappa shape index (κ3) is 5.97. The quantitative estimate of drug-likeness (QED) is 0.392. The summed E-state index contributed by atoms with van der Waals surface area (Å²) in [5.41, 5.74) is -3.92. The summed E-state index contributed by atoms with van der Waals surface area (Å²) in [6.45, 7) is 1.45. The lowest BCUT2D eigenvalue weighted by Gasteiger charge is -2.46. The van der Waals surface area contributed by atoms with Gasteiger partial charge in [-0.3, -0.25) is 14.4 Å². The fourth-order valence-electron chi connectivity index (χ4n) is 4.44. The van der Waals surface area contributed by atoms with Crippen LogP contribution in [0.3, 0.4) is 0 Å². The van der Waals surface area contributed by atoms with Gasteiger partial charge in [0.25, 0.3) is 11.5 Å². The molecule has 11 nitrogen and oxygen atoms in total. The molecule has 0 aromatic carbocycles. The van der Waals surface area contributed by atoms with Crippen LogP contribution < -0.4 is 20.1 Å². The van der Waals surface area contributed by atoms with Gasteiger partial charge in [-0.2, -0.15) is 31.4 Å². The van der Waals surface area contributed by atoms with Gasteiger partial charge < -0.3 is 24.2 Å². The Balaban J connectivity index is 1.30. The van der Waals surface area contributed by atoms with Gasteiger partial charge in [0.1, 0.15) is 12.1 Å². The highest BCUT2D eigenvalue weighted by Gasteiger charge is 2.43. The Morgan fingerprint density at radius 3 is 2.55 bits per heavy atom. The highest BCUT2D eigenvalue weighted by atomic mass is 19.4. The van der Waals surface area contributed by atoms with Gasteiger partial charge in [-0.05, 0) is 13.0 Å². The van der Waals surface area contributed by atoms with Gasteiger partial charge in [0.05, 0.1) is 43.6 Å². The fraction of sp³-hybridized carbons (Fsp3) is 0.522. The largest absolute Gasteiger partial charge is 0.486 e. The van der Waals surface area contributed by atoms with Crippen molar-refractivity contribution >= 4 is 23.3 Å². The van der Waals surface area contributed by atoms with E-state index in [0.29, 0.717) is 6.20 Å². The minimum atomic E-state index is -4.96. The molecule has 2 aromatic heterocycles. The number of amides is 2. The molecular formula is C23H24F6N6O5. The van der Waals surface area contributed by atoms with Crippen molar-refractivity contribution in [3.63, 3.8) is 0 Å². The van der Waals surface area contributed by atoms with Gasteiger partial charge >= 0.3 is 12.4 Å². The molecule has 1 saturated heterocycles. The number of aromatic nitrogens is 3. The number of piperazine rings is 1. The lowest BCUT2D eigenvalue weighted by molar-refractivity contribution is -0.141. The highest BCUT2D eigenvalue weighted by molar-refractivity contribution is 6.05. The van der Waals surface area contributed by atoms with Gasteiger partial charge in [0, 0.05) is 26.3 Å². The minimum absolute atomic E-state index is 0.0144. The number of aromatic amines is 1. The Hall–Kier alpha value is -3.89. The number of pyridine rings is 1. The molecule has 0 bridgehead atoms. The van der Waals surface area contributed by atoms with Crippen molar-refractivity contribution in [2.24, 2.45) is 0 Å². The number of nitrogens with zero attached hydrogens (tertiary/aromatic N) is 5. The summed E-state index contributed by atoms with van der Waals surface area (Å²) in [5.74, 6) is -1.38. The van der Waals surface area contributed by atoms with E-state index < -0.39 is 52.8 Å². The SMILES string of the molecule is CC(COCCC(=O)N1CCN2c3ncc(C(F)(F)F)cc3N(C)C(=O)C2C1)Oc1cn[nH]c(=O)c1C(F)(F)F. The van der Waals surface area contributed by atoms with E-state index in [-0.39, 0.29) is 56.7 Å². The molecule has 1 fully saturated rings. The first-order valence-electron chi connectivity index (χ1n) is 12.0. The number of hydrogen-bond donors (Lipinski definition) is 1. The number of ether oxygens (including phenoxy) is 2. The van der Waals surface area contributed by atoms with Crippen LogP contribution >= 0.6 is 0 Å². The van der Waals surface area contributed by atoms with Gasteiger partial charge in [-0.15, -0.1) is 0 Å². The average Bonchev–Trinajstić information content (AvgIpc) is 2.87. The zero-order valence-electron chi connectivity index (χ0n) is 21.2. The predicted octanol–water partition coefficient (Wildman–Crippen LogP) is 2.07. The van der Waals surface area contributed by atoms with Crippen LogP contribution in [0.4, 0.5) is 37.8 Å². The van der Waals surface area contributed by atoms with E-state index in [0.717, 1.165) is 17.2 Å². The zero-order valence-corrected chi connectivity index (χ0v) is 21.2. The molecule has 0 spiro atoms. The predicted molar refractivity (Wildman–Crippen MR) is 126 cm³/mol. The molecule has 0 saturated carbocycles. The van der Waals surface area contributed by atoms with E-state index in [9.17, 15) is 40.7 Å². The molecule has 2 aliphatic rings. The second-order valence-corrected chi connectivity index (χ2v) is 9.20. The van der Waals surface area contributed by atoms with Crippen LogP contribution in [0, 0.1) is 0 Å². The van der Waals surface area contributed by atoms with Crippen LogP contribution in [0.25, 0.3) is 0 Å². The van der Waals surface area contributed by atoms with Gasteiger partial charge in [-0.25, -0.2) is 10.1 Å². The van der Waals surface area contributed by atoms with Crippen LogP contribution in [-0.4, -0.2) is 83.9 Å². The highest BCUT2D eigenvalue weighted by Crippen LogP contribution is 2.39. The van der Waals surface area contributed by atoms with E-state index in [4.69, 9.17) is 9.47 Å². The molecule has 2 atom stereocenters. The second-order valence-electron chi connectivity index (χ2n) is 9.20. The zero-order chi connectivity index (χ0) is 29.4. The summed E-state index contributed by atoms with van der Waals surface area (Å²) in [7, 11) is 1.34. The van der Waals surface area contributed by atoms with E-state index >= 15 is 0 Å². The topological polar surface area (TPSA) is 121 Å². The first kappa shape index (κ1) is 29.1. The smallest absolute Gasteiger partial charge is 0.425 e. The summed E-state index contributed by atoms with van der Waals surface area (Å²) in [5, 5.41) is 5.02. The maximum absolute atomic E-state index is 13.1. The first-order chi connectivity index (χ1) is 18.7. The number of halogens is 6. The Morgan fingerprint density at radius 1 is 1.15 bits per heavy atom. The summed E-state index contributed by atoms with van der Waals surface area (Å²) in [6.07, 6.45) is -9.16. The van der Waals surface area contributed by atoms with Crippen molar-refractivity contribution in [3.05, 3.63) is 39.9 Å². The van der Waals surface area contributed by atoms with Gasteiger partial charge in [0.2, 0.25) is 5.91 Å². The number of rotatable bonds is 7. The van der Waals surface area contributed by atoms with E-state index in [2.05, 4.69) is 10.1 Å². The molecule has 2 aliphatic heterocycles. The molecule has 0 aliphatic carbocycles. The molecule has 4 heterocycles.